The van der Waals surface area contributed by atoms with Crippen molar-refractivity contribution in [2.75, 3.05) is 0 Å². The van der Waals surface area contributed by atoms with Gasteiger partial charge in [0.25, 0.3) is 5.91 Å². The summed E-state index contributed by atoms with van der Waals surface area (Å²) >= 11 is 6.22. The Morgan fingerprint density at radius 3 is 2.59 bits per heavy atom. The lowest BCUT2D eigenvalue weighted by Gasteiger charge is -2.36. The largest absolute Gasteiger partial charge is 0.469 e. The van der Waals surface area contributed by atoms with Crippen LogP contribution >= 0.6 is 11.6 Å². The average Bonchev–Trinajstić information content (AvgIpc) is 2.81. The molecule has 2 unspecified atom stereocenters. The van der Waals surface area contributed by atoms with Crippen LogP contribution in [-0.4, -0.2) is 28.3 Å². The Morgan fingerprint density at radius 2 is 2.06 bits per heavy atom. The summed E-state index contributed by atoms with van der Waals surface area (Å²) in [5.41, 5.74) is 0.704. The number of fused-ring (bicyclic) bond motifs is 2. The second-order valence-corrected chi connectivity index (χ2v) is 5.67. The lowest BCUT2D eigenvalue weighted by Crippen LogP contribution is -2.47. The SMILES string of the molecule is Cc1occc1C(=O)N1C2CCC1CC(Cl)C2. The number of halogens is 1. The molecule has 0 N–H and O–H groups in total. The summed E-state index contributed by atoms with van der Waals surface area (Å²) in [5, 5.41) is 0.238. The van der Waals surface area contributed by atoms with Crippen LogP contribution in [0.15, 0.2) is 16.7 Å². The molecule has 0 radical (unpaired) electrons. The van der Waals surface area contributed by atoms with Gasteiger partial charge in [-0.3, -0.25) is 4.79 Å². The Morgan fingerprint density at radius 1 is 1.41 bits per heavy atom. The summed E-state index contributed by atoms with van der Waals surface area (Å²) in [6.07, 6.45) is 5.63. The minimum atomic E-state index is 0.118. The quantitative estimate of drug-likeness (QED) is 0.721. The Bertz CT molecular complexity index is 428. The molecule has 2 aliphatic rings. The number of amides is 1. The van der Waals surface area contributed by atoms with Crippen molar-refractivity contribution >= 4 is 17.5 Å². The zero-order chi connectivity index (χ0) is 12.0. The molecule has 3 rings (SSSR count). The number of aryl methyl sites for hydroxylation is 1. The van der Waals surface area contributed by atoms with Gasteiger partial charge >= 0.3 is 0 Å². The number of piperidine rings is 1. The molecule has 2 saturated heterocycles. The van der Waals surface area contributed by atoms with E-state index >= 15 is 0 Å². The van der Waals surface area contributed by atoms with E-state index in [1.807, 2.05) is 11.8 Å². The van der Waals surface area contributed by atoms with Crippen LogP contribution in [-0.2, 0) is 0 Å². The predicted molar refractivity (Wildman–Crippen MR) is 65.3 cm³/mol. The van der Waals surface area contributed by atoms with Gasteiger partial charge in [0.2, 0.25) is 0 Å². The third-order valence-corrected chi connectivity index (χ3v) is 4.36. The van der Waals surface area contributed by atoms with E-state index in [1.165, 1.54) is 0 Å². The number of carbonyl (C=O) groups is 1. The van der Waals surface area contributed by atoms with Gasteiger partial charge in [-0.05, 0) is 38.7 Å². The molecule has 2 atom stereocenters. The summed E-state index contributed by atoms with van der Waals surface area (Å²) in [4.78, 5) is 14.5. The Balaban J connectivity index is 1.86. The minimum Gasteiger partial charge on any atom is -0.469 e. The highest BCUT2D eigenvalue weighted by Gasteiger charge is 2.43. The predicted octanol–water partition coefficient (Wildman–Crippen LogP) is 2.96. The first kappa shape index (κ1) is 11.1. The fourth-order valence-corrected chi connectivity index (χ4v) is 3.60. The monoisotopic (exact) mass is 253 g/mol. The van der Waals surface area contributed by atoms with Crippen molar-refractivity contribution in [3.63, 3.8) is 0 Å². The minimum absolute atomic E-state index is 0.118. The van der Waals surface area contributed by atoms with Crippen molar-refractivity contribution < 1.29 is 9.21 Å². The molecule has 17 heavy (non-hydrogen) atoms. The Labute approximate surface area is 106 Å². The Hall–Kier alpha value is -0.960. The van der Waals surface area contributed by atoms with E-state index in [2.05, 4.69) is 0 Å². The normalized spacial score (nSPS) is 31.9. The van der Waals surface area contributed by atoms with Gasteiger partial charge in [-0.25, -0.2) is 0 Å². The molecule has 2 aliphatic heterocycles. The van der Waals surface area contributed by atoms with Crippen LogP contribution in [0.25, 0.3) is 0 Å². The molecule has 4 heteroatoms. The Kier molecular flexibility index (Phi) is 2.66. The first-order chi connectivity index (χ1) is 8.16. The molecule has 1 amide bonds. The van der Waals surface area contributed by atoms with Gasteiger partial charge < -0.3 is 9.32 Å². The smallest absolute Gasteiger partial charge is 0.257 e. The van der Waals surface area contributed by atoms with E-state index in [-0.39, 0.29) is 11.3 Å². The van der Waals surface area contributed by atoms with E-state index < -0.39 is 0 Å². The van der Waals surface area contributed by atoms with Crippen LogP contribution in [0.1, 0.15) is 41.8 Å². The van der Waals surface area contributed by atoms with Gasteiger partial charge in [0.15, 0.2) is 0 Å². The highest BCUT2D eigenvalue weighted by molar-refractivity contribution is 6.20. The fourth-order valence-electron chi connectivity index (χ4n) is 3.19. The van der Waals surface area contributed by atoms with Gasteiger partial charge in [0.05, 0.1) is 11.8 Å². The maximum Gasteiger partial charge on any atom is 0.257 e. The lowest BCUT2D eigenvalue weighted by atomic mass is 10.0. The molecular formula is C13H16ClNO2. The second kappa shape index (κ2) is 4.05. The molecule has 3 nitrogen and oxygen atoms in total. The molecule has 2 bridgehead atoms. The molecule has 92 valence electrons. The van der Waals surface area contributed by atoms with Gasteiger partial charge in [-0.15, -0.1) is 11.6 Å². The molecular weight excluding hydrogens is 238 g/mol. The summed E-state index contributed by atoms with van der Waals surface area (Å²) in [7, 11) is 0. The van der Waals surface area contributed by atoms with Crippen molar-refractivity contribution in [2.24, 2.45) is 0 Å². The first-order valence-corrected chi connectivity index (χ1v) is 6.61. The molecule has 1 aromatic rings. The number of carbonyl (C=O) groups excluding carboxylic acids is 1. The molecule has 0 saturated carbocycles. The van der Waals surface area contributed by atoms with Crippen molar-refractivity contribution in [3.05, 3.63) is 23.7 Å². The second-order valence-electron chi connectivity index (χ2n) is 5.06. The van der Waals surface area contributed by atoms with Gasteiger partial charge in [-0.1, -0.05) is 0 Å². The number of rotatable bonds is 1. The molecule has 0 spiro atoms. The average molecular weight is 254 g/mol. The number of furan rings is 1. The van der Waals surface area contributed by atoms with Crippen molar-refractivity contribution in [1.29, 1.82) is 0 Å². The summed E-state index contributed by atoms with van der Waals surface area (Å²) in [6.45, 7) is 1.84. The molecule has 1 aromatic heterocycles. The number of alkyl halides is 1. The topological polar surface area (TPSA) is 33.5 Å². The first-order valence-electron chi connectivity index (χ1n) is 6.17. The van der Waals surface area contributed by atoms with E-state index in [4.69, 9.17) is 16.0 Å². The fraction of sp³-hybridized carbons (Fsp3) is 0.615. The van der Waals surface area contributed by atoms with Crippen LogP contribution in [0.2, 0.25) is 0 Å². The third-order valence-electron chi connectivity index (χ3n) is 4.00. The van der Waals surface area contributed by atoms with Crippen molar-refractivity contribution in [3.8, 4) is 0 Å². The lowest BCUT2D eigenvalue weighted by molar-refractivity contribution is 0.0598. The van der Waals surface area contributed by atoms with Crippen LogP contribution in [0, 0.1) is 6.92 Å². The highest BCUT2D eigenvalue weighted by atomic mass is 35.5. The number of nitrogens with zero attached hydrogens (tertiary/aromatic N) is 1. The highest BCUT2D eigenvalue weighted by Crippen LogP contribution is 2.38. The summed E-state index contributed by atoms with van der Waals surface area (Å²) in [5.74, 6) is 0.828. The molecule has 0 aliphatic carbocycles. The zero-order valence-electron chi connectivity index (χ0n) is 9.86. The summed E-state index contributed by atoms with van der Waals surface area (Å²) in [6, 6.07) is 2.43. The summed E-state index contributed by atoms with van der Waals surface area (Å²) < 4.78 is 5.21. The van der Waals surface area contributed by atoms with Crippen LogP contribution in [0.3, 0.4) is 0 Å². The van der Waals surface area contributed by atoms with Crippen molar-refractivity contribution in [2.45, 2.75) is 50.1 Å². The maximum atomic E-state index is 12.5. The standard InChI is InChI=1S/C13H16ClNO2/c1-8-12(4-5-17-8)13(16)15-10-2-3-11(15)7-9(14)6-10/h4-5,9-11H,2-3,6-7H2,1H3. The molecule has 3 heterocycles. The third kappa shape index (κ3) is 1.77. The van der Waals surface area contributed by atoms with E-state index in [9.17, 15) is 4.79 Å². The van der Waals surface area contributed by atoms with Crippen molar-refractivity contribution in [1.82, 2.24) is 4.90 Å². The van der Waals surface area contributed by atoms with Gasteiger partial charge in [0.1, 0.15) is 5.76 Å². The van der Waals surface area contributed by atoms with Crippen LogP contribution < -0.4 is 0 Å². The van der Waals surface area contributed by atoms with Crippen LogP contribution in [0.4, 0.5) is 0 Å². The number of hydrogen-bond acceptors (Lipinski definition) is 2. The zero-order valence-corrected chi connectivity index (χ0v) is 10.6. The van der Waals surface area contributed by atoms with Crippen LogP contribution in [0.5, 0.6) is 0 Å². The van der Waals surface area contributed by atoms with E-state index in [0.717, 1.165) is 25.7 Å². The molecule has 0 aromatic carbocycles. The number of hydrogen-bond donors (Lipinski definition) is 0. The molecule has 2 fully saturated rings. The van der Waals surface area contributed by atoms with Gasteiger partial charge in [0, 0.05) is 17.5 Å². The van der Waals surface area contributed by atoms with Gasteiger partial charge in [-0.2, -0.15) is 0 Å². The van der Waals surface area contributed by atoms with E-state index in [1.54, 1.807) is 12.3 Å². The van der Waals surface area contributed by atoms with E-state index in [0.29, 0.717) is 23.4 Å². The maximum absolute atomic E-state index is 12.5.